The molecule has 0 rings (SSSR count). The number of likely N-dealkylation sites (N-methyl/N-ethyl adjacent to an activating group) is 1. The Morgan fingerprint density at radius 3 is 1.57 bits per heavy atom. The highest BCUT2D eigenvalue weighted by molar-refractivity contribution is 5.70. The van der Waals surface area contributed by atoms with E-state index in [1.165, 1.54) is 70.6 Å². The largest absolute Gasteiger partial charge is 0.544 e. The molecule has 8 nitrogen and oxygen atoms in total. The van der Waals surface area contributed by atoms with E-state index in [4.69, 9.17) is 14.2 Å². The van der Waals surface area contributed by atoms with Crippen LogP contribution in [0.4, 0.5) is 0 Å². The number of aliphatic carboxylic acids is 1. The molecule has 0 radical (unpaired) electrons. The van der Waals surface area contributed by atoms with Crippen molar-refractivity contribution < 1.29 is 38.2 Å². The molecule has 0 aliphatic heterocycles. The average Bonchev–Trinajstić information content (AvgIpc) is 3.11. The molecule has 0 aromatic heterocycles. The van der Waals surface area contributed by atoms with Gasteiger partial charge in [0.15, 0.2) is 6.10 Å². The highest BCUT2D eigenvalue weighted by Gasteiger charge is 2.25. The van der Waals surface area contributed by atoms with Gasteiger partial charge in [0.25, 0.3) is 0 Å². The van der Waals surface area contributed by atoms with Crippen molar-refractivity contribution >= 4 is 17.9 Å². The number of rotatable bonds is 37. The van der Waals surface area contributed by atoms with Gasteiger partial charge in [0, 0.05) is 19.3 Å². The molecule has 0 aromatic carbocycles. The number of quaternary nitrogens is 1. The molecule has 0 amide bonds. The fraction of sp³-hybridized carbons (Fsp3) is 0.756. The SMILES string of the molecule is CC/C=C/C=C/C=C/C=C/CCCCCCCC(=O)OCC(COCCC(C(=O)[O-])[N+](C)(C)C)OC(=O)CCCCCCCCCCCCCCCC. The van der Waals surface area contributed by atoms with Crippen molar-refractivity contribution in [2.45, 2.75) is 180 Å². The van der Waals surface area contributed by atoms with Gasteiger partial charge in [-0.1, -0.05) is 165 Å². The molecule has 53 heavy (non-hydrogen) atoms. The maximum Gasteiger partial charge on any atom is 0.306 e. The second-order valence-corrected chi connectivity index (χ2v) is 15.3. The van der Waals surface area contributed by atoms with Crippen LogP contribution in [0, 0.1) is 0 Å². The highest BCUT2D eigenvalue weighted by atomic mass is 16.6. The Balaban J connectivity index is 4.40. The first-order valence-corrected chi connectivity index (χ1v) is 21.2. The minimum atomic E-state index is -1.13. The summed E-state index contributed by atoms with van der Waals surface area (Å²) in [4.78, 5) is 36.8. The van der Waals surface area contributed by atoms with E-state index in [0.29, 0.717) is 12.8 Å². The summed E-state index contributed by atoms with van der Waals surface area (Å²) in [5, 5.41) is 11.6. The number of ether oxygens (including phenoxy) is 3. The van der Waals surface area contributed by atoms with E-state index in [1.54, 1.807) is 21.1 Å². The molecule has 0 saturated heterocycles. The lowest BCUT2D eigenvalue weighted by Gasteiger charge is -2.34. The van der Waals surface area contributed by atoms with Crippen LogP contribution in [0.2, 0.25) is 0 Å². The number of carboxylic acids is 1. The Bertz CT molecular complexity index is 1010. The van der Waals surface area contributed by atoms with Gasteiger partial charge in [-0.2, -0.15) is 0 Å². The summed E-state index contributed by atoms with van der Waals surface area (Å²) in [6, 6.07) is -0.728. The topological polar surface area (TPSA) is 102 Å². The lowest BCUT2D eigenvalue weighted by Crippen LogP contribution is -2.55. The Labute approximate surface area is 325 Å². The summed E-state index contributed by atoms with van der Waals surface area (Å²) in [7, 11) is 5.39. The third-order valence-electron chi connectivity index (χ3n) is 9.32. The Morgan fingerprint density at radius 1 is 0.585 bits per heavy atom. The van der Waals surface area contributed by atoms with Gasteiger partial charge in [0.05, 0.1) is 40.3 Å². The second-order valence-electron chi connectivity index (χ2n) is 15.3. The van der Waals surface area contributed by atoms with Crippen LogP contribution < -0.4 is 5.11 Å². The predicted molar refractivity (Wildman–Crippen MR) is 217 cm³/mol. The van der Waals surface area contributed by atoms with Gasteiger partial charge in [0.2, 0.25) is 0 Å². The number of carbonyl (C=O) groups is 3. The molecule has 2 unspecified atom stereocenters. The van der Waals surface area contributed by atoms with Crippen LogP contribution in [0.1, 0.15) is 168 Å². The summed E-state index contributed by atoms with van der Waals surface area (Å²) in [6.07, 6.45) is 41.3. The number of hydrogen-bond donors (Lipinski definition) is 0. The number of carbonyl (C=O) groups excluding carboxylic acids is 3. The maximum absolute atomic E-state index is 12.7. The minimum Gasteiger partial charge on any atom is -0.544 e. The average molecular weight is 746 g/mol. The number of unbranched alkanes of at least 4 members (excludes halogenated alkanes) is 18. The number of allylic oxidation sites excluding steroid dienone is 8. The Kier molecular flexibility index (Phi) is 34.4. The molecule has 8 heteroatoms. The number of hydrogen-bond acceptors (Lipinski definition) is 7. The molecule has 0 heterocycles. The molecular formula is C45H79NO7. The van der Waals surface area contributed by atoms with E-state index in [2.05, 4.69) is 32.1 Å². The second kappa shape index (κ2) is 36.3. The van der Waals surface area contributed by atoms with Crippen molar-refractivity contribution in [3.8, 4) is 0 Å². The van der Waals surface area contributed by atoms with Crippen LogP contribution >= 0.6 is 0 Å². The van der Waals surface area contributed by atoms with Crippen LogP contribution in [0.5, 0.6) is 0 Å². The van der Waals surface area contributed by atoms with Crippen molar-refractivity contribution in [1.29, 1.82) is 0 Å². The molecule has 2 atom stereocenters. The first-order chi connectivity index (χ1) is 25.6. The lowest BCUT2D eigenvalue weighted by molar-refractivity contribution is -0.889. The summed E-state index contributed by atoms with van der Waals surface area (Å²) >= 11 is 0. The Hall–Kier alpha value is -2.71. The summed E-state index contributed by atoms with van der Waals surface area (Å²) in [5.74, 6) is -1.76. The molecular weight excluding hydrogens is 666 g/mol. The van der Waals surface area contributed by atoms with E-state index in [1.807, 2.05) is 30.4 Å². The molecule has 0 N–H and O–H groups in total. The van der Waals surface area contributed by atoms with Gasteiger partial charge in [-0.15, -0.1) is 0 Å². The minimum absolute atomic E-state index is 0.0336. The highest BCUT2D eigenvalue weighted by Crippen LogP contribution is 2.15. The van der Waals surface area contributed by atoms with E-state index in [9.17, 15) is 19.5 Å². The van der Waals surface area contributed by atoms with E-state index in [0.717, 1.165) is 64.2 Å². The first-order valence-electron chi connectivity index (χ1n) is 21.2. The van der Waals surface area contributed by atoms with Gasteiger partial charge in [0.1, 0.15) is 12.6 Å². The van der Waals surface area contributed by atoms with Gasteiger partial charge >= 0.3 is 11.9 Å². The van der Waals surface area contributed by atoms with E-state index < -0.39 is 18.1 Å². The molecule has 0 aromatic rings. The van der Waals surface area contributed by atoms with Crippen LogP contribution in [0.15, 0.2) is 48.6 Å². The van der Waals surface area contributed by atoms with Gasteiger partial charge in [-0.3, -0.25) is 9.59 Å². The summed E-state index contributed by atoms with van der Waals surface area (Å²) in [5.41, 5.74) is 0. The van der Waals surface area contributed by atoms with Crippen molar-refractivity contribution in [1.82, 2.24) is 0 Å². The van der Waals surface area contributed by atoms with Crippen LogP contribution in [0.25, 0.3) is 0 Å². The zero-order chi connectivity index (χ0) is 39.3. The summed E-state index contributed by atoms with van der Waals surface area (Å²) in [6.45, 7) is 4.49. The van der Waals surface area contributed by atoms with E-state index >= 15 is 0 Å². The molecule has 0 bridgehead atoms. The molecule has 0 aliphatic rings. The number of carboxylic acid groups (broad SMARTS) is 1. The van der Waals surface area contributed by atoms with Crippen LogP contribution in [0.3, 0.4) is 0 Å². The zero-order valence-corrected chi connectivity index (χ0v) is 34.7. The van der Waals surface area contributed by atoms with Gasteiger partial charge in [-0.25, -0.2) is 0 Å². The van der Waals surface area contributed by atoms with Crippen LogP contribution in [-0.4, -0.2) is 75.5 Å². The van der Waals surface area contributed by atoms with Crippen molar-refractivity contribution in [3.05, 3.63) is 48.6 Å². The maximum atomic E-state index is 12.7. The summed E-state index contributed by atoms with van der Waals surface area (Å²) < 4.78 is 17.1. The molecule has 0 aliphatic carbocycles. The molecule has 0 spiro atoms. The zero-order valence-electron chi connectivity index (χ0n) is 34.7. The third kappa shape index (κ3) is 34.8. The first kappa shape index (κ1) is 50.3. The van der Waals surface area contributed by atoms with Crippen molar-refractivity contribution in [2.75, 3.05) is 41.0 Å². The smallest absolute Gasteiger partial charge is 0.306 e. The monoisotopic (exact) mass is 746 g/mol. The van der Waals surface area contributed by atoms with Crippen LogP contribution in [-0.2, 0) is 28.6 Å². The fourth-order valence-corrected chi connectivity index (χ4v) is 6.02. The standard InChI is InChI=1S/C45H79NO7/c1-6-8-10-12-14-16-18-20-22-24-25-27-29-31-33-35-43(47)52-40-41(39-51-38-37-42(45(49)50)46(3,4)5)53-44(48)36-34-32-30-28-26-23-21-19-17-15-13-11-9-7-2/h8,10,12,14,16,18,20,22,41-42H,6-7,9,11,13,15,17,19,21,23-40H2,1-5H3/b10-8+,14-12+,18-16+,22-20+. The molecule has 0 fully saturated rings. The van der Waals surface area contributed by atoms with Gasteiger partial charge in [-0.05, 0) is 32.1 Å². The number of esters is 2. The lowest BCUT2D eigenvalue weighted by atomic mass is 10.0. The molecule has 0 saturated carbocycles. The molecule has 306 valence electrons. The van der Waals surface area contributed by atoms with E-state index in [-0.39, 0.29) is 42.7 Å². The van der Waals surface area contributed by atoms with Crippen molar-refractivity contribution in [3.63, 3.8) is 0 Å². The number of nitrogens with zero attached hydrogens (tertiary/aromatic N) is 1. The quantitative estimate of drug-likeness (QED) is 0.0270. The predicted octanol–water partition coefficient (Wildman–Crippen LogP) is 9.91. The normalized spacial score (nSPS) is 13.5. The van der Waals surface area contributed by atoms with Crippen molar-refractivity contribution in [2.24, 2.45) is 0 Å². The third-order valence-corrected chi connectivity index (χ3v) is 9.32. The fourth-order valence-electron chi connectivity index (χ4n) is 6.02. The Morgan fingerprint density at radius 2 is 1.06 bits per heavy atom. The van der Waals surface area contributed by atoms with Gasteiger partial charge < -0.3 is 28.6 Å².